The van der Waals surface area contributed by atoms with Crippen molar-refractivity contribution in [3.8, 4) is 12.1 Å². The average molecular weight is 1000 g/mol. The summed E-state index contributed by atoms with van der Waals surface area (Å²) in [6, 6.07) is 9.97. The fourth-order valence-corrected chi connectivity index (χ4v) is 8.44. The van der Waals surface area contributed by atoms with Crippen LogP contribution >= 0.6 is 11.3 Å². The van der Waals surface area contributed by atoms with E-state index in [2.05, 4.69) is 53.3 Å². The lowest BCUT2D eigenvalue weighted by Gasteiger charge is -2.25. The van der Waals surface area contributed by atoms with Crippen molar-refractivity contribution in [2.24, 2.45) is 22.1 Å². The summed E-state index contributed by atoms with van der Waals surface area (Å²) in [5.41, 5.74) is 3.28. The number of aryl methyl sites for hydroxylation is 1. The number of thiophene rings is 1. The van der Waals surface area contributed by atoms with Gasteiger partial charge < -0.3 is 38.2 Å². The van der Waals surface area contributed by atoms with Crippen LogP contribution < -0.4 is 4.90 Å². The Bertz CT molecular complexity index is 1970. The monoisotopic (exact) mass is 1000 g/mol. The topological polar surface area (TPSA) is 190 Å². The van der Waals surface area contributed by atoms with Gasteiger partial charge in [-0.05, 0) is 81.7 Å². The molecule has 0 saturated heterocycles. The lowest BCUT2D eigenvalue weighted by molar-refractivity contribution is -0.147. The first-order chi connectivity index (χ1) is 34.7. The van der Waals surface area contributed by atoms with Crippen molar-refractivity contribution in [3.05, 3.63) is 64.1 Å². The van der Waals surface area contributed by atoms with Crippen LogP contribution in [0.5, 0.6) is 0 Å². The molecule has 0 bridgehead atoms. The second-order valence-electron chi connectivity index (χ2n) is 17.8. The number of hydrogen-bond acceptors (Lipinski definition) is 15. The van der Waals surface area contributed by atoms with Crippen molar-refractivity contribution >= 4 is 52.2 Å². The summed E-state index contributed by atoms with van der Waals surface area (Å²) in [7, 11) is 0. The highest BCUT2D eigenvalue weighted by Gasteiger charge is 2.17. The molecule has 392 valence electrons. The van der Waals surface area contributed by atoms with Crippen LogP contribution in [0.1, 0.15) is 164 Å². The molecule has 0 radical (unpaired) electrons. The molecule has 1 aromatic carbocycles. The SMILES string of the molecule is CCCCCCC/C=C/CC(C=O)CC(=O)OCCOCCOCCN(CCOCCOC(=O)CC(C=O)C/C=C/CCCCCCCCCCC)c1ccc(/N=N/c2sc(C#N)c(C)c2C#N)c(C)c1. The molecule has 2 unspecified atom stereocenters. The molecule has 0 aliphatic rings. The number of benzene rings is 1. The van der Waals surface area contributed by atoms with Gasteiger partial charge in [-0.3, -0.25) is 9.59 Å². The van der Waals surface area contributed by atoms with Gasteiger partial charge in [-0.15, -0.1) is 21.6 Å². The molecule has 71 heavy (non-hydrogen) atoms. The van der Waals surface area contributed by atoms with E-state index in [4.69, 9.17) is 23.7 Å². The Morgan fingerprint density at radius 3 is 1.58 bits per heavy atom. The highest BCUT2D eigenvalue weighted by atomic mass is 32.1. The van der Waals surface area contributed by atoms with Gasteiger partial charge in [-0.25, -0.2) is 0 Å². The van der Waals surface area contributed by atoms with Crippen LogP contribution in [-0.2, 0) is 42.9 Å². The molecule has 2 rings (SSSR count). The summed E-state index contributed by atoms with van der Waals surface area (Å²) in [5.74, 6) is -1.67. The first-order valence-corrected chi connectivity index (χ1v) is 27.0. The fraction of sp³-hybridized carbons (Fsp3) is 0.643. The number of carbonyl (C=O) groups excluding carboxylic acids is 4. The van der Waals surface area contributed by atoms with Crippen LogP contribution in [0.15, 0.2) is 52.7 Å². The second kappa shape index (κ2) is 41.5. The number of hydrogen-bond donors (Lipinski definition) is 0. The maximum absolute atomic E-state index is 12.5. The van der Waals surface area contributed by atoms with Crippen LogP contribution in [0.2, 0.25) is 0 Å². The van der Waals surface area contributed by atoms with Crippen LogP contribution in [0.4, 0.5) is 16.4 Å². The Labute approximate surface area is 429 Å². The third-order valence-corrected chi connectivity index (χ3v) is 13.0. The third kappa shape index (κ3) is 29.2. The number of ether oxygens (including phenoxy) is 5. The Balaban J connectivity index is 1.81. The number of nitriles is 2. The van der Waals surface area contributed by atoms with Crippen molar-refractivity contribution in [1.29, 1.82) is 10.5 Å². The maximum Gasteiger partial charge on any atom is 0.306 e. The number of aldehydes is 2. The van der Waals surface area contributed by atoms with E-state index in [9.17, 15) is 29.7 Å². The normalized spacial score (nSPS) is 12.3. The van der Waals surface area contributed by atoms with E-state index in [0.29, 0.717) is 79.1 Å². The van der Waals surface area contributed by atoms with Gasteiger partial charge in [0.1, 0.15) is 42.8 Å². The van der Waals surface area contributed by atoms with Crippen molar-refractivity contribution in [2.75, 3.05) is 70.8 Å². The molecule has 0 spiro atoms. The second-order valence-corrected chi connectivity index (χ2v) is 18.8. The fourth-order valence-electron chi connectivity index (χ4n) is 7.56. The first-order valence-electron chi connectivity index (χ1n) is 26.2. The molecule has 0 saturated carbocycles. The number of nitrogens with zero attached hydrogens (tertiary/aromatic N) is 5. The lowest BCUT2D eigenvalue weighted by Crippen LogP contribution is -2.31. The van der Waals surface area contributed by atoms with Gasteiger partial charge in [0, 0.05) is 30.6 Å². The van der Waals surface area contributed by atoms with E-state index in [0.717, 1.165) is 60.8 Å². The van der Waals surface area contributed by atoms with Crippen LogP contribution in [0.3, 0.4) is 0 Å². The molecule has 1 aromatic heterocycles. The first kappa shape index (κ1) is 62.1. The smallest absolute Gasteiger partial charge is 0.306 e. The van der Waals surface area contributed by atoms with E-state index >= 15 is 0 Å². The molecule has 0 aliphatic carbocycles. The quantitative estimate of drug-likeness (QED) is 0.0201. The largest absolute Gasteiger partial charge is 0.463 e. The highest BCUT2D eigenvalue weighted by molar-refractivity contribution is 7.16. The predicted octanol–water partition coefficient (Wildman–Crippen LogP) is 13.1. The summed E-state index contributed by atoms with van der Waals surface area (Å²) in [6.45, 7) is 11.0. The molecule has 15 heteroatoms. The molecule has 2 atom stereocenters. The lowest BCUT2D eigenvalue weighted by atomic mass is 10.0. The van der Waals surface area contributed by atoms with E-state index in [1.807, 2.05) is 37.3 Å². The van der Waals surface area contributed by atoms with Gasteiger partial charge in [0.15, 0.2) is 5.00 Å². The number of allylic oxidation sites excluding steroid dienone is 4. The van der Waals surface area contributed by atoms with Crippen molar-refractivity contribution < 1.29 is 42.9 Å². The highest BCUT2D eigenvalue weighted by Crippen LogP contribution is 2.36. The Hall–Kier alpha value is -5.06. The van der Waals surface area contributed by atoms with Crippen LogP contribution in [-0.4, -0.2) is 90.5 Å². The standard InChI is InChI=1S/C56H83N5O9S/c1-5-7-9-11-13-15-16-17-18-20-22-24-26-48(44-62)40-54(64)69-37-35-67-32-30-61(50-27-28-52(46(3)39-50)59-60-56-51(42-57)47(4)53(43-58)71-56)29-31-66-33-34-68-36-38-70-55(65)41-49(45-63)25-23-21-19-14-12-10-8-6-2/h21-24,27-28,39,44-45,48-49H,5-20,25-26,29-38,40-41H2,1-4H3/b23-21+,24-22+,60-59+. The van der Waals surface area contributed by atoms with E-state index in [1.165, 1.54) is 77.0 Å². The Kier molecular flexibility index (Phi) is 36.3. The number of anilines is 1. The Morgan fingerprint density at radius 2 is 1.11 bits per heavy atom. The number of esters is 2. The van der Waals surface area contributed by atoms with Gasteiger partial charge in [-0.1, -0.05) is 115 Å². The molecule has 1 heterocycles. The molecular formula is C56H83N5O9S. The summed E-state index contributed by atoms with van der Waals surface area (Å²) < 4.78 is 28.1. The zero-order valence-electron chi connectivity index (χ0n) is 43.4. The summed E-state index contributed by atoms with van der Waals surface area (Å²) in [6.07, 6.45) is 30.5. The number of azo groups is 1. The molecule has 0 amide bonds. The van der Waals surface area contributed by atoms with Crippen molar-refractivity contribution in [1.82, 2.24) is 0 Å². The molecule has 0 aliphatic heterocycles. The van der Waals surface area contributed by atoms with Gasteiger partial charge in [0.25, 0.3) is 0 Å². The van der Waals surface area contributed by atoms with Gasteiger partial charge in [0.05, 0.1) is 63.7 Å². The Morgan fingerprint density at radius 1 is 0.634 bits per heavy atom. The zero-order valence-corrected chi connectivity index (χ0v) is 44.2. The average Bonchev–Trinajstić information content (AvgIpc) is 3.69. The number of unbranched alkanes of at least 4 members (excludes halogenated alkanes) is 14. The van der Waals surface area contributed by atoms with Gasteiger partial charge in [0.2, 0.25) is 0 Å². The summed E-state index contributed by atoms with van der Waals surface area (Å²) >= 11 is 1.13. The van der Waals surface area contributed by atoms with Gasteiger partial charge in [-0.2, -0.15) is 10.5 Å². The molecule has 0 N–H and O–H groups in total. The van der Waals surface area contributed by atoms with Crippen molar-refractivity contribution in [3.63, 3.8) is 0 Å². The summed E-state index contributed by atoms with van der Waals surface area (Å²) in [5, 5.41) is 28.1. The van der Waals surface area contributed by atoms with Gasteiger partial charge >= 0.3 is 11.9 Å². The van der Waals surface area contributed by atoms with Crippen LogP contribution in [0, 0.1) is 48.3 Å². The minimum Gasteiger partial charge on any atom is -0.463 e. The molecular weight excluding hydrogens is 919 g/mol. The van der Waals surface area contributed by atoms with E-state index in [1.54, 1.807) is 6.92 Å². The predicted molar refractivity (Wildman–Crippen MR) is 282 cm³/mol. The minimum absolute atomic E-state index is 0.0287. The minimum atomic E-state index is -0.428. The summed E-state index contributed by atoms with van der Waals surface area (Å²) in [4.78, 5) is 50.6. The zero-order chi connectivity index (χ0) is 51.6. The third-order valence-electron chi connectivity index (χ3n) is 11.9. The van der Waals surface area contributed by atoms with Crippen molar-refractivity contribution in [2.45, 2.75) is 156 Å². The molecule has 2 aromatic rings. The maximum atomic E-state index is 12.5. The van der Waals surface area contributed by atoms with E-state index < -0.39 is 23.8 Å². The number of rotatable bonds is 44. The van der Waals surface area contributed by atoms with Crippen LogP contribution in [0.25, 0.3) is 0 Å². The molecule has 14 nitrogen and oxygen atoms in total. The number of carbonyl (C=O) groups is 4. The van der Waals surface area contributed by atoms with E-state index in [-0.39, 0.29) is 39.3 Å². The molecule has 0 fully saturated rings.